The van der Waals surface area contributed by atoms with Crippen LogP contribution in [0.15, 0.2) is 78.0 Å². The Hall–Kier alpha value is -3.78. The van der Waals surface area contributed by atoms with Gasteiger partial charge in [0.05, 0.1) is 17.1 Å². The minimum Gasteiger partial charge on any atom is -0.325 e. The van der Waals surface area contributed by atoms with Crippen LogP contribution in [0.4, 0.5) is 5.69 Å². The quantitative estimate of drug-likeness (QED) is 0.339. The molecule has 0 aliphatic rings. The molecule has 3 aromatic carbocycles. The first kappa shape index (κ1) is 21.5. The second-order valence-corrected chi connectivity index (χ2v) is 8.16. The number of nitrogens with one attached hydrogen (secondary N) is 1. The number of para-hydroxylation sites is 1. The lowest BCUT2D eigenvalue weighted by atomic mass is 10.0. The van der Waals surface area contributed by atoms with E-state index in [0.29, 0.717) is 22.0 Å². The van der Waals surface area contributed by atoms with Crippen LogP contribution in [0.2, 0.25) is 0 Å². The lowest BCUT2D eigenvalue weighted by molar-refractivity contribution is -0.113. The van der Waals surface area contributed by atoms with E-state index in [1.807, 2.05) is 50.2 Å². The SMILES string of the molecule is Cc1ccc(-n2nnnc2SCC(=O)Nc2ccccc2C(=O)c2ccccc2)cc1C. The number of aryl methyl sites for hydroxylation is 2. The summed E-state index contributed by atoms with van der Waals surface area (Å²) >= 11 is 1.23. The van der Waals surface area contributed by atoms with Crippen LogP contribution >= 0.6 is 11.8 Å². The summed E-state index contributed by atoms with van der Waals surface area (Å²) in [4.78, 5) is 25.5. The van der Waals surface area contributed by atoms with Crippen molar-refractivity contribution in [2.24, 2.45) is 0 Å². The fourth-order valence-corrected chi connectivity index (χ4v) is 3.83. The number of nitrogens with zero attached hydrogens (tertiary/aromatic N) is 4. The first-order chi connectivity index (χ1) is 15.5. The molecule has 0 saturated heterocycles. The van der Waals surface area contributed by atoms with Crippen LogP contribution < -0.4 is 5.32 Å². The third-order valence-corrected chi connectivity index (χ3v) is 5.91. The molecule has 0 fully saturated rings. The smallest absolute Gasteiger partial charge is 0.234 e. The molecule has 160 valence electrons. The van der Waals surface area contributed by atoms with Crippen molar-refractivity contribution in [3.05, 3.63) is 95.1 Å². The van der Waals surface area contributed by atoms with E-state index in [2.05, 4.69) is 20.8 Å². The topological polar surface area (TPSA) is 89.8 Å². The van der Waals surface area contributed by atoms with E-state index in [4.69, 9.17) is 0 Å². The maximum atomic E-state index is 12.9. The van der Waals surface area contributed by atoms with Gasteiger partial charge in [0.15, 0.2) is 5.78 Å². The summed E-state index contributed by atoms with van der Waals surface area (Å²) in [6.07, 6.45) is 0. The van der Waals surface area contributed by atoms with Crippen molar-refractivity contribution in [1.29, 1.82) is 0 Å². The maximum Gasteiger partial charge on any atom is 0.234 e. The van der Waals surface area contributed by atoms with Crippen LogP contribution in [0.1, 0.15) is 27.0 Å². The second-order valence-electron chi connectivity index (χ2n) is 7.22. The van der Waals surface area contributed by atoms with Gasteiger partial charge < -0.3 is 5.32 Å². The summed E-state index contributed by atoms with van der Waals surface area (Å²) in [6, 6.07) is 21.9. The van der Waals surface area contributed by atoms with Gasteiger partial charge in [-0.2, -0.15) is 4.68 Å². The molecule has 1 N–H and O–H groups in total. The molecule has 0 aliphatic carbocycles. The van der Waals surface area contributed by atoms with Crippen molar-refractivity contribution in [2.75, 3.05) is 11.1 Å². The van der Waals surface area contributed by atoms with Crippen LogP contribution in [0, 0.1) is 13.8 Å². The van der Waals surface area contributed by atoms with Crippen LogP contribution in [-0.2, 0) is 4.79 Å². The van der Waals surface area contributed by atoms with Crippen molar-refractivity contribution in [3.63, 3.8) is 0 Å². The van der Waals surface area contributed by atoms with E-state index in [1.165, 1.54) is 17.3 Å². The zero-order valence-corrected chi connectivity index (χ0v) is 18.5. The Bertz CT molecular complexity index is 1270. The highest BCUT2D eigenvalue weighted by Gasteiger charge is 2.16. The number of ketones is 1. The Morgan fingerprint density at radius 2 is 1.69 bits per heavy atom. The lowest BCUT2D eigenvalue weighted by Gasteiger charge is -2.10. The van der Waals surface area contributed by atoms with E-state index in [0.717, 1.165) is 11.3 Å². The molecule has 0 saturated carbocycles. The highest BCUT2D eigenvalue weighted by atomic mass is 32.2. The minimum atomic E-state index is -0.252. The molecule has 0 unspecified atom stereocenters. The van der Waals surface area contributed by atoms with Gasteiger partial charge in [-0.25, -0.2) is 0 Å². The molecule has 0 spiro atoms. The number of hydrogen-bond donors (Lipinski definition) is 1. The highest BCUT2D eigenvalue weighted by Crippen LogP contribution is 2.22. The number of amides is 1. The van der Waals surface area contributed by atoms with E-state index in [1.54, 1.807) is 41.1 Å². The normalized spacial score (nSPS) is 10.7. The van der Waals surface area contributed by atoms with Crippen LogP contribution in [-0.4, -0.2) is 37.7 Å². The summed E-state index contributed by atoms with van der Waals surface area (Å²) in [7, 11) is 0. The zero-order valence-electron chi connectivity index (χ0n) is 17.6. The Morgan fingerprint density at radius 1 is 0.938 bits per heavy atom. The van der Waals surface area contributed by atoms with Gasteiger partial charge in [-0.1, -0.05) is 60.3 Å². The Balaban J connectivity index is 1.46. The van der Waals surface area contributed by atoms with Crippen molar-refractivity contribution in [1.82, 2.24) is 20.2 Å². The summed E-state index contributed by atoms with van der Waals surface area (Å²) in [5.41, 5.74) is 4.62. The number of rotatable bonds is 7. The Morgan fingerprint density at radius 3 is 2.47 bits per heavy atom. The number of carbonyl (C=O) groups excluding carboxylic acids is 2. The molecular formula is C24H21N5O2S. The third-order valence-electron chi connectivity index (χ3n) is 4.99. The molecule has 32 heavy (non-hydrogen) atoms. The number of benzene rings is 3. The standard InChI is InChI=1S/C24H21N5O2S/c1-16-12-13-19(14-17(16)2)29-24(26-27-28-29)32-15-22(30)25-21-11-7-6-10-20(21)23(31)18-8-4-3-5-9-18/h3-14H,15H2,1-2H3,(H,25,30). The largest absolute Gasteiger partial charge is 0.325 e. The van der Waals surface area contributed by atoms with Gasteiger partial charge in [-0.05, 0) is 59.7 Å². The number of hydrogen-bond acceptors (Lipinski definition) is 6. The van der Waals surface area contributed by atoms with Gasteiger partial charge in [0.2, 0.25) is 11.1 Å². The maximum absolute atomic E-state index is 12.9. The molecule has 1 amide bonds. The predicted octanol–water partition coefficient (Wildman–Crippen LogP) is 4.24. The summed E-state index contributed by atoms with van der Waals surface area (Å²) in [6.45, 7) is 4.07. The second kappa shape index (κ2) is 9.57. The van der Waals surface area contributed by atoms with Crippen LogP contribution in [0.3, 0.4) is 0 Å². The van der Waals surface area contributed by atoms with Gasteiger partial charge in [-0.3, -0.25) is 9.59 Å². The fraction of sp³-hybridized carbons (Fsp3) is 0.125. The van der Waals surface area contributed by atoms with Crippen LogP contribution in [0.25, 0.3) is 5.69 Å². The number of aromatic nitrogens is 4. The summed E-state index contributed by atoms with van der Waals surface area (Å²) < 4.78 is 1.61. The summed E-state index contributed by atoms with van der Waals surface area (Å²) in [5, 5.41) is 15.2. The molecule has 7 nitrogen and oxygen atoms in total. The zero-order chi connectivity index (χ0) is 22.5. The molecule has 4 aromatic rings. The first-order valence-electron chi connectivity index (χ1n) is 10.0. The number of thioether (sulfide) groups is 1. The van der Waals surface area contributed by atoms with Crippen LogP contribution in [0.5, 0.6) is 0 Å². The van der Waals surface area contributed by atoms with Gasteiger partial charge in [0.25, 0.3) is 0 Å². The molecule has 1 heterocycles. The van der Waals surface area contributed by atoms with E-state index >= 15 is 0 Å². The fourth-order valence-electron chi connectivity index (χ4n) is 3.14. The van der Waals surface area contributed by atoms with Gasteiger partial charge in [-0.15, -0.1) is 5.10 Å². The van der Waals surface area contributed by atoms with Gasteiger partial charge >= 0.3 is 0 Å². The molecule has 0 bridgehead atoms. The number of tetrazole rings is 1. The predicted molar refractivity (Wildman–Crippen MR) is 124 cm³/mol. The van der Waals surface area contributed by atoms with Gasteiger partial charge in [0.1, 0.15) is 0 Å². The highest BCUT2D eigenvalue weighted by molar-refractivity contribution is 7.99. The molecule has 4 rings (SSSR count). The van der Waals surface area contributed by atoms with Crippen molar-refractivity contribution < 1.29 is 9.59 Å². The van der Waals surface area contributed by atoms with E-state index < -0.39 is 0 Å². The molecule has 0 atom stereocenters. The summed E-state index contributed by atoms with van der Waals surface area (Å²) in [5.74, 6) is -0.301. The van der Waals surface area contributed by atoms with Crippen molar-refractivity contribution in [3.8, 4) is 5.69 Å². The van der Waals surface area contributed by atoms with Crippen molar-refractivity contribution in [2.45, 2.75) is 19.0 Å². The monoisotopic (exact) mass is 443 g/mol. The first-order valence-corrected chi connectivity index (χ1v) is 11.0. The molecule has 0 radical (unpaired) electrons. The average Bonchev–Trinajstić information content (AvgIpc) is 3.29. The number of carbonyl (C=O) groups is 2. The third kappa shape index (κ3) is 4.76. The molecule has 0 aliphatic heterocycles. The lowest BCUT2D eigenvalue weighted by Crippen LogP contribution is -2.17. The molecular weight excluding hydrogens is 422 g/mol. The average molecular weight is 444 g/mol. The van der Waals surface area contributed by atoms with Crippen molar-refractivity contribution >= 4 is 29.1 Å². The Labute approximate surface area is 189 Å². The molecule has 8 heteroatoms. The minimum absolute atomic E-state index is 0.0963. The van der Waals surface area contributed by atoms with Gasteiger partial charge in [0, 0.05) is 11.1 Å². The molecule has 1 aromatic heterocycles. The Kier molecular flexibility index (Phi) is 6.42. The number of anilines is 1. The van der Waals surface area contributed by atoms with E-state index in [-0.39, 0.29) is 17.4 Å². The van der Waals surface area contributed by atoms with E-state index in [9.17, 15) is 9.59 Å².